The average molecular weight is 138 g/mol. The molecule has 2 aliphatic carbocycles. The summed E-state index contributed by atoms with van der Waals surface area (Å²) in [5, 5.41) is 0. The maximum absolute atomic E-state index is 1.56. The Labute approximate surface area is 64.0 Å². The highest BCUT2D eigenvalue weighted by atomic mass is 14.3. The number of hydrogen-bond donors (Lipinski definition) is 0. The summed E-state index contributed by atoms with van der Waals surface area (Å²) in [7, 11) is 0. The average Bonchev–Trinajstić information content (AvgIpc) is 2.28. The van der Waals surface area contributed by atoms with Crippen molar-refractivity contribution in [2.75, 3.05) is 0 Å². The molecule has 0 aromatic heterocycles. The number of rotatable bonds is 0. The third-order valence-electron chi connectivity index (χ3n) is 3.47. The van der Waals surface area contributed by atoms with Crippen LogP contribution in [0.5, 0.6) is 0 Å². The zero-order valence-corrected chi connectivity index (χ0v) is 6.81. The molecule has 2 atom stereocenters. The van der Waals surface area contributed by atoms with E-state index >= 15 is 0 Å². The molecule has 0 spiro atoms. The summed E-state index contributed by atoms with van der Waals surface area (Å²) in [6, 6.07) is 0. The van der Waals surface area contributed by atoms with Gasteiger partial charge in [0.05, 0.1) is 0 Å². The molecule has 0 saturated heterocycles. The van der Waals surface area contributed by atoms with E-state index in [0.717, 1.165) is 11.8 Å². The van der Waals surface area contributed by atoms with Gasteiger partial charge in [0.2, 0.25) is 0 Å². The monoisotopic (exact) mass is 138 g/mol. The van der Waals surface area contributed by atoms with E-state index in [2.05, 4.69) is 0 Å². The van der Waals surface area contributed by atoms with Crippen molar-refractivity contribution in [1.29, 1.82) is 0 Å². The molecular formula is C10H18. The highest BCUT2D eigenvalue weighted by molar-refractivity contribution is 4.79. The van der Waals surface area contributed by atoms with Crippen molar-refractivity contribution in [1.82, 2.24) is 0 Å². The van der Waals surface area contributed by atoms with Crippen LogP contribution < -0.4 is 0 Å². The second kappa shape index (κ2) is 2.94. The van der Waals surface area contributed by atoms with E-state index in [-0.39, 0.29) is 0 Å². The first-order valence-corrected chi connectivity index (χ1v) is 4.97. The molecule has 58 valence electrons. The van der Waals surface area contributed by atoms with E-state index in [0.29, 0.717) is 0 Å². The Balaban J connectivity index is 1.95. The Morgan fingerprint density at radius 1 is 0.500 bits per heavy atom. The standard InChI is InChI=1S/C10H18/c1-2-5-9-7-4-8-10(9)6-3-1/h9-10H,1-8H2. The molecular weight excluding hydrogens is 120 g/mol. The maximum atomic E-state index is 1.56. The van der Waals surface area contributed by atoms with Crippen LogP contribution in [0.3, 0.4) is 0 Å². The lowest BCUT2D eigenvalue weighted by molar-refractivity contribution is 0.367. The molecule has 0 amide bonds. The van der Waals surface area contributed by atoms with Crippen molar-refractivity contribution in [3.8, 4) is 0 Å². The van der Waals surface area contributed by atoms with Crippen molar-refractivity contribution in [3.63, 3.8) is 0 Å². The maximum Gasteiger partial charge on any atom is -0.0386 e. The zero-order valence-electron chi connectivity index (χ0n) is 6.81. The van der Waals surface area contributed by atoms with Crippen molar-refractivity contribution < 1.29 is 0 Å². The van der Waals surface area contributed by atoms with Gasteiger partial charge in [-0.15, -0.1) is 0 Å². The van der Waals surface area contributed by atoms with E-state index in [4.69, 9.17) is 0 Å². The van der Waals surface area contributed by atoms with Gasteiger partial charge < -0.3 is 0 Å². The van der Waals surface area contributed by atoms with Crippen LogP contribution in [0, 0.1) is 11.8 Å². The van der Waals surface area contributed by atoms with Gasteiger partial charge in [0, 0.05) is 0 Å². The second-order valence-electron chi connectivity index (χ2n) is 4.09. The summed E-state index contributed by atoms with van der Waals surface area (Å²) in [6.45, 7) is 0. The zero-order chi connectivity index (χ0) is 6.81. The lowest BCUT2D eigenvalue weighted by Crippen LogP contribution is -2.04. The minimum absolute atomic E-state index is 1.16. The third-order valence-corrected chi connectivity index (χ3v) is 3.47. The predicted molar refractivity (Wildman–Crippen MR) is 43.9 cm³/mol. The van der Waals surface area contributed by atoms with Crippen molar-refractivity contribution in [2.24, 2.45) is 11.8 Å². The lowest BCUT2D eigenvalue weighted by atomic mass is 9.92. The molecule has 0 radical (unpaired) electrons. The molecule has 2 aliphatic rings. The summed E-state index contributed by atoms with van der Waals surface area (Å²) in [5.41, 5.74) is 0. The van der Waals surface area contributed by atoms with Gasteiger partial charge >= 0.3 is 0 Å². The lowest BCUT2D eigenvalue weighted by Gasteiger charge is -2.14. The Bertz CT molecular complexity index is 94.6. The van der Waals surface area contributed by atoms with Crippen molar-refractivity contribution in [3.05, 3.63) is 0 Å². The van der Waals surface area contributed by atoms with Crippen LogP contribution in [0.15, 0.2) is 0 Å². The first-order chi connectivity index (χ1) is 4.97. The smallest absolute Gasteiger partial charge is 0.0386 e. The van der Waals surface area contributed by atoms with E-state index in [9.17, 15) is 0 Å². The van der Waals surface area contributed by atoms with Gasteiger partial charge in [-0.05, 0) is 11.8 Å². The first-order valence-electron chi connectivity index (χ1n) is 4.97. The molecule has 0 aromatic carbocycles. The quantitative estimate of drug-likeness (QED) is 0.481. The second-order valence-corrected chi connectivity index (χ2v) is 4.09. The normalized spacial score (nSPS) is 40.8. The fraction of sp³-hybridized carbons (Fsp3) is 1.00. The fourth-order valence-corrected chi connectivity index (χ4v) is 2.86. The molecule has 0 nitrogen and oxygen atoms in total. The van der Waals surface area contributed by atoms with Gasteiger partial charge in [-0.1, -0.05) is 51.4 Å². The highest BCUT2D eigenvalue weighted by Crippen LogP contribution is 2.40. The van der Waals surface area contributed by atoms with Crippen LogP contribution in [0.25, 0.3) is 0 Å². The SMILES string of the molecule is C1CCC2CCCC2CC1. The molecule has 0 N–H and O–H groups in total. The molecule has 2 unspecified atom stereocenters. The van der Waals surface area contributed by atoms with Gasteiger partial charge in [0.15, 0.2) is 0 Å². The summed E-state index contributed by atoms with van der Waals surface area (Å²) < 4.78 is 0. The van der Waals surface area contributed by atoms with Crippen LogP contribution in [-0.4, -0.2) is 0 Å². The minimum atomic E-state index is 1.16. The molecule has 0 aliphatic heterocycles. The highest BCUT2D eigenvalue weighted by Gasteiger charge is 2.27. The molecule has 0 bridgehead atoms. The van der Waals surface area contributed by atoms with Gasteiger partial charge in [-0.2, -0.15) is 0 Å². The van der Waals surface area contributed by atoms with Crippen LogP contribution in [0.4, 0.5) is 0 Å². The van der Waals surface area contributed by atoms with Gasteiger partial charge in [0.25, 0.3) is 0 Å². The largest absolute Gasteiger partial charge is 0.0533 e. The predicted octanol–water partition coefficient (Wildman–Crippen LogP) is 3.37. The number of hydrogen-bond acceptors (Lipinski definition) is 0. The molecule has 0 heterocycles. The first kappa shape index (κ1) is 6.69. The van der Waals surface area contributed by atoms with E-state index in [1.54, 1.807) is 25.7 Å². The van der Waals surface area contributed by atoms with Crippen LogP contribution in [0.2, 0.25) is 0 Å². The van der Waals surface area contributed by atoms with Crippen LogP contribution in [-0.2, 0) is 0 Å². The fourth-order valence-electron chi connectivity index (χ4n) is 2.86. The molecule has 0 heteroatoms. The molecule has 2 saturated carbocycles. The van der Waals surface area contributed by atoms with Gasteiger partial charge in [-0.25, -0.2) is 0 Å². The summed E-state index contributed by atoms with van der Waals surface area (Å²) in [4.78, 5) is 0. The van der Waals surface area contributed by atoms with Crippen molar-refractivity contribution in [2.45, 2.75) is 51.4 Å². The van der Waals surface area contributed by atoms with Crippen LogP contribution >= 0.6 is 0 Å². The summed E-state index contributed by atoms with van der Waals surface area (Å²) >= 11 is 0. The Morgan fingerprint density at radius 2 is 1.00 bits per heavy atom. The molecule has 0 aromatic rings. The Kier molecular flexibility index (Phi) is 1.97. The van der Waals surface area contributed by atoms with Gasteiger partial charge in [0.1, 0.15) is 0 Å². The van der Waals surface area contributed by atoms with Gasteiger partial charge in [-0.3, -0.25) is 0 Å². The van der Waals surface area contributed by atoms with Crippen LogP contribution in [0.1, 0.15) is 51.4 Å². The summed E-state index contributed by atoms with van der Waals surface area (Å²) in [5.74, 6) is 2.31. The third kappa shape index (κ3) is 1.21. The topological polar surface area (TPSA) is 0 Å². The Hall–Kier alpha value is 0. The van der Waals surface area contributed by atoms with E-state index in [1.807, 2.05) is 0 Å². The minimum Gasteiger partial charge on any atom is -0.0533 e. The molecule has 10 heavy (non-hydrogen) atoms. The van der Waals surface area contributed by atoms with E-state index < -0.39 is 0 Å². The molecule has 2 rings (SSSR count). The summed E-state index contributed by atoms with van der Waals surface area (Å²) in [6.07, 6.45) is 12.4. The molecule has 2 fully saturated rings. The van der Waals surface area contributed by atoms with E-state index in [1.165, 1.54) is 25.7 Å². The van der Waals surface area contributed by atoms with Crippen molar-refractivity contribution >= 4 is 0 Å². The number of fused-ring (bicyclic) bond motifs is 1. The Morgan fingerprint density at radius 3 is 1.60 bits per heavy atom.